The van der Waals surface area contributed by atoms with Gasteiger partial charge in [0.15, 0.2) is 5.76 Å². The average Bonchev–Trinajstić information content (AvgIpc) is 3.45. The second kappa shape index (κ2) is 9.19. The van der Waals surface area contributed by atoms with Crippen LogP contribution in [0.5, 0.6) is 5.75 Å². The Labute approximate surface area is 193 Å². The molecule has 1 fully saturated rings. The van der Waals surface area contributed by atoms with Gasteiger partial charge in [-0.15, -0.1) is 0 Å². The zero-order valence-corrected chi connectivity index (χ0v) is 19.0. The Hall–Kier alpha value is -3.45. The van der Waals surface area contributed by atoms with Crippen LogP contribution in [-0.4, -0.2) is 55.6 Å². The number of fused-ring (bicyclic) bond motifs is 2. The summed E-state index contributed by atoms with van der Waals surface area (Å²) < 4.78 is 10.9. The van der Waals surface area contributed by atoms with Gasteiger partial charge in [-0.1, -0.05) is 0 Å². The van der Waals surface area contributed by atoms with E-state index in [0.29, 0.717) is 5.58 Å². The monoisotopic (exact) mass is 446 g/mol. The number of amides is 1. The molecule has 0 aliphatic carbocycles. The van der Waals surface area contributed by atoms with E-state index in [1.807, 2.05) is 12.1 Å². The van der Waals surface area contributed by atoms with Crippen LogP contribution in [0.25, 0.3) is 21.9 Å². The van der Waals surface area contributed by atoms with E-state index in [1.165, 1.54) is 29.3 Å². The molecule has 172 valence electrons. The molecular weight excluding hydrogens is 416 g/mol. The van der Waals surface area contributed by atoms with Gasteiger partial charge >= 0.3 is 0 Å². The molecular formula is C26H30N4O3. The van der Waals surface area contributed by atoms with Crippen molar-refractivity contribution in [3.8, 4) is 5.75 Å². The van der Waals surface area contributed by atoms with Crippen LogP contribution < -0.4 is 15.4 Å². The fourth-order valence-corrected chi connectivity index (χ4v) is 4.72. The zero-order valence-electron chi connectivity index (χ0n) is 19.0. The number of nitrogens with one attached hydrogen (secondary N) is 1. The molecule has 4 aromatic rings. The molecule has 1 aliphatic heterocycles. The highest BCUT2D eigenvalue weighted by Crippen LogP contribution is 2.27. The van der Waals surface area contributed by atoms with Gasteiger partial charge in [0.25, 0.3) is 5.91 Å². The van der Waals surface area contributed by atoms with Crippen molar-refractivity contribution in [1.82, 2.24) is 9.88 Å². The molecule has 1 saturated heterocycles. The van der Waals surface area contributed by atoms with Crippen LogP contribution in [0.1, 0.15) is 29.0 Å². The molecule has 0 atom stereocenters. The Morgan fingerprint density at radius 3 is 2.73 bits per heavy atom. The second-order valence-corrected chi connectivity index (χ2v) is 8.71. The van der Waals surface area contributed by atoms with Crippen molar-refractivity contribution in [2.75, 3.05) is 44.7 Å². The van der Waals surface area contributed by atoms with Gasteiger partial charge < -0.3 is 24.8 Å². The number of nitrogens with two attached hydrogens (primary N) is 1. The number of benzene rings is 2. The van der Waals surface area contributed by atoms with Crippen molar-refractivity contribution in [1.29, 1.82) is 0 Å². The first-order chi connectivity index (χ1) is 16.1. The number of unbranched alkanes of at least 4 members (excludes halogenated alkanes) is 1. The van der Waals surface area contributed by atoms with Gasteiger partial charge in [0.05, 0.1) is 7.11 Å². The van der Waals surface area contributed by atoms with Crippen LogP contribution in [0.4, 0.5) is 5.69 Å². The fraction of sp³-hybridized carbons (Fsp3) is 0.346. The average molecular weight is 447 g/mol. The number of aromatic amines is 1. The van der Waals surface area contributed by atoms with Crippen molar-refractivity contribution in [2.45, 2.75) is 19.3 Å². The van der Waals surface area contributed by atoms with Crippen molar-refractivity contribution in [3.63, 3.8) is 0 Å². The number of furan rings is 1. The van der Waals surface area contributed by atoms with Crippen LogP contribution in [0.15, 0.2) is 53.1 Å². The summed E-state index contributed by atoms with van der Waals surface area (Å²) in [4.78, 5) is 19.7. The van der Waals surface area contributed by atoms with Crippen LogP contribution in [0, 0.1) is 0 Å². The number of hydrogen-bond acceptors (Lipinski definition) is 5. The first-order valence-electron chi connectivity index (χ1n) is 11.6. The maximum Gasteiger partial charge on any atom is 0.284 e. The number of aromatic nitrogens is 1. The van der Waals surface area contributed by atoms with Gasteiger partial charge in [0.2, 0.25) is 0 Å². The summed E-state index contributed by atoms with van der Waals surface area (Å²) in [7, 11) is 1.71. The van der Waals surface area contributed by atoms with Gasteiger partial charge in [0.1, 0.15) is 11.3 Å². The maximum atomic E-state index is 11.4. The minimum Gasteiger partial charge on any atom is -0.497 e. The van der Waals surface area contributed by atoms with Crippen molar-refractivity contribution in [2.24, 2.45) is 5.73 Å². The summed E-state index contributed by atoms with van der Waals surface area (Å²) in [5.41, 5.74) is 9.72. The molecule has 2 aromatic carbocycles. The van der Waals surface area contributed by atoms with Crippen molar-refractivity contribution in [3.05, 3.63) is 60.0 Å². The number of nitrogens with zero attached hydrogens (tertiary/aromatic N) is 2. The highest BCUT2D eigenvalue weighted by Gasteiger charge is 2.18. The molecule has 1 amide bonds. The van der Waals surface area contributed by atoms with E-state index in [0.717, 1.165) is 56.0 Å². The number of piperazine rings is 1. The summed E-state index contributed by atoms with van der Waals surface area (Å²) in [5.74, 6) is 0.575. The van der Waals surface area contributed by atoms with Gasteiger partial charge in [-0.2, -0.15) is 0 Å². The smallest absolute Gasteiger partial charge is 0.284 e. The second-order valence-electron chi connectivity index (χ2n) is 8.71. The summed E-state index contributed by atoms with van der Waals surface area (Å²) >= 11 is 0. The Kier molecular flexibility index (Phi) is 5.96. The molecule has 3 N–H and O–H groups in total. The number of carbonyl (C=O) groups is 1. The first kappa shape index (κ1) is 21.4. The van der Waals surface area contributed by atoms with Crippen molar-refractivity contribution < 1.29 is 13.9 Å². The van der Waals surface area contributed by atoms with Crippen molar-refractivity contribution >= 4 is 33.5 Å². The predicted octanol–water partition coefficient (Wildman–Crippen LogP) is 4.17. The number of H-pyrrole nitrogens is 1. The minimum atomic E-state index is -0.536. The highest BCUT2D eigenvalue weighted by molar-refractivity contribution is 5.95. The lowest BCUT2D eigenvalue weighted by molar-refractivity contribution is 0.0976. The van der Waals surface area contributed by atoms with Crippen LogP contribution in [-0.2, 0) is 6.42 Å². The molecule has 1 aliphatic rings. The van der Waals surface area contributed by atoms with Crippen LogP contribution in [0.2, 0.25) is 0 Å². The SMILES string of the molecule is COc1ccc2[nH]cc(CCCCN3CCN(c4ccc5oc(C(N)=O)cc5c4)CC3)c2c1. The third-order valence-corrected chi connectivity index (χ3v) is 6.63. The minimum absolute atomic E-state index is 0.207. The molecule has 7 nitrogen and oxygen atoms in total. The fourth-order valence-electron chi connectivity index (χ4n) is 4.72. The number of primary amides is 1. The Bertz CT molecular complexity index is 1270. The lowest BCUT2D eigenvalue weighted by atomic mass is 10.1. The number of aryl methyl sites for hydroxylation is 1. The number of hydrogen-bond donors (Lipinski definition) is 2. The maximum absolute atomic E-state index is 11.4. The van der Waals surface area contributed by atoms with Crippen LogP contribution >= 0.6 is 0 Å². The molecule has 7 heteroatoms. The number of anilines is 1. The number of methoxy groups -OCH3 is 1. The van der Waals surface area contributed by atoms with Crippen LogP contribution in [0.3, 0.4) is 0 Å². The van der Waals surface area contributed by atoms with Gasteiger partial charge in [-0.25, -0.2) is 0 Å². The van der Waals surface area contributed by atoms with E-state index in [1.54, 1.807) is 13.2 Å². The highest BCUT2D eigenvalue weighted by atomic mass is 16.5. The molecule has 0 radical (unpaired) electrons. The van der Waals surface area contributed by atoms with E-state index in [2.05, 4.69) is 45.2 Å². The third kappa shape index (κ3) is 4.54. The normalized spacial score (nSPS) is 14.9. The summed E-state index contributed by atoms with van der Waals surface area (Å²) in [6.07, 6.45) is 5.56. The first-order valence-corrected chi connectivity index (χ1v) is 11.6. The molecule has 0 unspecified atom stereocenters. The lowest BCUT2D eigenvalue weighted by Gasteiger charge is -2.36. The van der Waals surface area contributed by atoms with E-state index in [-0.39, 0.29) is 5.76 Å². The van der Waals surface area contributed by atoms with E-state index >= 15 is 0 Å². The molecule has 5 rings (SSSR count). The van der Waals surface area contributed by atoms with E-state index in [4.69, 9.17) is 14.9 Å². The molecule has 3 heterocycles. The molecule has 0 spiro atoms. The topological polar surface area (TPSA) is 87.7 Å². The molecule has 0 bridgehead atoms. The van der Waals surface area contributed by atoms with E-state index < -0.39 is 5.91 Å². The quantitative estimate of drug-likeness (QED) is 0.397. The largest absolute Gasteiger partial charge is 0.497 e. The summed E-state index contributed by atoms with van der Waals surface area (Å²) in [5, 5.41) is 2.18. The van der Waals surface area contributed by atoms with Gasteiger partial charge in [0, 0.05) is 54.4 Å². The third-order valence-electron chi connectivity index (χ3n) is 6.63. The Morgan fingerprint density at radius 2 is 1.94 bits per heavy atom. The number of rotatable bonds is 8. The standard InChI is InChI=1S/C26H30N4O3/c1-32-21-6-7-23-22(16-21)18(17-28-23)4-2-3-9-29-10-12-30(13-11-29)20-5-8-24-19(14-20)15-25(33-24)26(27)31/h5-8,14-17,28H,2-4,9-13H2,1H3,(H2,27,31). The van der Waals surface area contributed by atoms with Gasteiger partial charge in [-0.05, 0) is 73.8 Å². The van der Waals surface area contributed by atoms with E-state index in [9.17, 15) is 4.79 Å². The summed E-state index contributed by atoms with van der Waals surface area (Å²) in [6.45, 7) is 5.23. The predicted molar refractivity (Wildman–Crippen MR) is 131 cm³/mol. The Balaban J connectivity index is 1.10. The number of carbonyl (C=O) groups excluding carboxylic acids is 1. The number of ether oxygens (including phenoxy) is 1. The van der Waals surface area contributed by atoms with Gasteiger partial charge in [-0.3, -0.25) is 9.69 Å². The molecule has 0 saturated carbocycles. The molecule has 2 aromatic heterocycles. The lowest BCUT2D eigenvalue weighted by Crippen LogP contribution is -2.46. The molecule has 33 heavy (non-hydrogen) atoms. The summed E-state index contributed by atoms with van der Waals surface area (Å²) in [6, 6.07) is 14.0. The zero-order chi connectivity index (χ0) is 22.8. The Morgan fingerprint density at radius 1 is 1.09 bits per heavy atom.